The van der Waals surface area contributed by atoms with Crippen LogP contribution in [0.5, 0.6) is 0 Å². The summed E-state index contributed by atoms with van der Waals surface area (Å²) >= 11 is 6.11. The van der Waals surface area contributed by atoms with Crippen molar-refractivity contribution in [1.82, 2.24) is 9.80 Å². The van der Waals surface area contributed by atoms with Gasteiger partial charge in [0.15, 0.2) is 0 Å². The largest absolute Gasteiger partial charge is 0.324 e. The number of carbonyl (C=O) groups is 2. The molecular formula is C26H27ClN4O2. The van der Waals surface area contributed by atoms with Crippen LogP contribution in [-0.4, -0.2) is 60.9 Å². The molecule has 1 aliphatic rings. The molecule has 6 nitrogen and oxygen atoms in total. The van der Waals surface area contributed by atoms with Gasteiger partial charge >= 0.3 is 0 Å². The molecule has 7 heteroatoms. The van der Waals surface area contributed by atoms with Gasteiger partial charge in [-0.15, -0.1) is 0 Å². The molecule has 0 radical (unpaired) electrons. The number of halogens is 1. The summed E-state index contributed by atoms with van der Waals surface area (Å²) in [6.45, 7) is 3.53. The van der Waals surface area contributed by atoms with Gasteiger partial charge in [-0.05, 0) is 23.8 Å². The summed E-state index contributed by atoms with van der Waals surface area (Å²) < 4.78 is 0. The van der Waals surface area contributed by atoms with Gasteiger partial charge in [0.25, 0.3) is 0 Å². The first-order valence-electron chi connectivity index (χ1n) is 11.0. The summed E-state index contributed by atoms with van der Waals surface area (Å²) in [6.07, 6.45) is 0. The normalized spacial score (nSPS) is 14.6. The van der Waals surface area contributed by atoms with Crippen molar-refractivity contribution in [3.8, 4) is 11.1 Å². The molecule has 0 unspecified atom stereocenters. The zero-order valence-corrected chi connectivity index (χ0v) is 19.1. The molecule has 33 heavy (non-hydrogen) atoms. The predicted octanol–water partition coefficient (Wildman–Crippen LogP) is 4.20. The second-order valence-electron chi connectivity index (χ2n) is 8.04. The fourth-order valence-corrected chi connectivity index (χ4v) is 4.10. The van der Waals surface area contributed by atoms with Gasteiger partial charge in [-0.1, -0.05) is 72.3 Å². The van der Waals surface area contributed by atoms with Gasteiger partial charge in [-0.3, -0.25) is 19.4 Å². The third kappa shape index (κ3) is 6.42. The van der Waals surface area contributed by atoms with Crippen molar-refractivity contribution < 1.29 is 9.59 Å². The topological polar surface area (TPSA) is 64.7 Å². The van der Waals surface area contributed by atoms with Crippen LogP contribution in [0.3, 0.4) is 0 Å². The van der Waals surface area contributed by atoms with Crippen LogP contribution in [0, 0.1) is 0 Å². The highest BCUT2D eigenvalue weighted by Gasteiger charge is 2.21. The monoisotopic (exact) mass is 462 g/mol. The van der Waals surface area contributed by atoms with Crippen LogP contribution in [0.1, 0.15) is 0 Å². The number of nitrogens with zero attached hydrogens (tertiary/aromatic N) is 2. The molecule has 2 amide bonds. The van der Waals surface area contributed by atoms with E-state index in [1.54, 1.807) is 12.1 Å². The van der Waals surface area contributed by atoms with Gasteiger partial charge in [0.1, 0.15) is 0 Å². The number of para-hydroxylation sites is 2. The maximum Gasteiger partial charge on any atom is 0.238 e. The van der Waals surface area contributed by atoms with Crippen LogP contribution in [0.4, 0.5) is 11.4 Å². The minimum atomic E-state index is -0.0909. The van der Waals surface area contributed by atoms with Crippen LogP contribution in [0.15, 0.2) is 78.9 Å². The first kappa shape index (κ1) is 23.0. The molecule has 1 fully saturated rings. The molecule has 0 bridgehead atoms. The van der Waals surface area contributed by atoms with Gasteiger partial charge < -0.3 is 10.6 Å². The Kier molecular flexibility index (Phi) is 7.73. The number of benzene rings is 3. The molecule has 2 N–H and O–H groups in total. The van der Waals surface area contributed by atoms with Crippen molar-refractivity contribution in [3.63, 3.8) is 0 Å². The molecule has 170 valence electrons. The summed E-state index contributed by atoms with van der Waals surface area (Å²) in [7, 11) is 0. The van der Waals surface area contributed by atoms with E-state index >= 15 is 0 Å². The third-order valence-electron chi connectivity index (χ3n) is 5.63. The Bertz CT molecular complexity index is 1100. The molecule has 0 atom stereocenters. The van der Waals surface area contributed by atoms with E-state index in [1.807, 2.05) is 66.7 Å². The lowest BCUT2D eigenvalue weighted by Crippen LogP contribution is -2.50. The van der Waals surface area contributed by atoms with E-state index in [0.717, 1.165) is 43.0 Å². The van der Waals surface area contributed by atoms with Crippen LogP contribution in [-0.2, 0) is 9.59 Å². The zero-order chi connectivity index (χ0) is 23.0. The standard InChI is InChI=1S/C26H27ClN4O2/c27-22-11-5-7-13-24(22)29-26(33)19-31-16-14-30(15-17-31)18-25(32)28-23-12-6-4-10-21(23)20-8-2-1-3-9-20/h1-13H,14-19H2,(H,28,32)(H,29,33). The number of rotatable bonds is 7. The Morgan fingerprint density at radius 3 is 1.76 bits per heavy atom. The summed E-state index contributed by atoms with van der Waals surface area (Å²) in [5.74, 6) is -0.130. The van der Waals surface area contributed by atoms with Gasteiger partial charge in [0.05, 0.1) is 23.8 Å². The lowest BCUT2D eigenvalue weighted by Gasteiger charge is -2.33. The van der Waals surface area contributed by atoms with Gasteiger partial charge in [-0.25, -0.2) is 0 Å². The number of anilines is 2. The molecule has 0 aliphatic carbocycles. The molecule has 0 aromatic heterocycles. The fraction of sp³-hybridized carbons (Fsp3) is 0.231. The lowest BCUT2D eigenvalue weighted by atomic mass is 10.0. The Labute approximate surface area is 199 Å². The first-order valence-corrected chi connectivity index (χ1v) is 11.4. The number of hydrogen-bond acceptors (Lipinski definition) is 4. The third-order valence-corrected chi connectivity index (χ3v) is 5.96. The molecule has 4 rings (SSSR count). The molecule has 1 heterocycles. The van der Waals surface area contributed by atoms with E-state index in [1.165, 1.54) is 0 Å². The van der Waals surface area contributed by atoms with E-state index in [9.17, 15) is 9.59 Å². The van der Waals surface area contributed by atoms with Crippen molar-refractivity contribution in [2.45, 2.75) is 0 Å². The van der Waals surface area contributed by atoms with Crippen LogP contribution in [0.2, 0.25) is 5.02 Å². The average Bonchev–Trinajstić information content (AvgIpc) is 2.83. The van der Waals surface area contributed by atoms with Crippen molar-refractivity contribution in [2.24, 2.45) is 0 Å². The summed E-state index contributed by atoms with van der Waals surface area (Å²) in [5, 5.41) is 6.44. The van der Waals surface area contributed by atoms with Crippen molar-refractivity contribution in [1.29, 1.82) is 0 Å². The highest BCUT2D eigenvalue weighted by molar-refractivity contribution is 6.33. The molecule has 0 saturated carbocycles. The number of piperazine rings is 1. The highest BCUT2D eigenvalue weighted by Crippen LogP contribution is 2.27. The Morgan fingerprint density at radius 1 is 0.667 bits per heavy atom. The summed E-state index contributed by atoms with van der Waals surface area (Å²) in [4.78, 5) is 29.3. The average molecular weight is 463 g/mol. The summed E-state index contributed by atoms with van der Waals surface area (Å²) in [5.41, 5.74) is 3.50. The maximum absolute atomic E-state index is 12.7. The molecule has 3 aromatic carbocycles. The molecule has 1 saturated heterocycles. The lowest BCUT2D eigenvalue weighted by molar-refractivity contribution is -0.120. The Hall–Kier alpha value is -3.19. The van der Waals surface area contributed by atoms with E-state index < -0.39 is 0 Å². The van der Waals surface area contributed by atoms with Crippen LogP contribution < -0.4 is 10.6 Å². The predicted molar refractivity (Wildman–Crippen MR) is 133 cm³/mol. The Balaban J connectivity index is 1.25. The van der Waals surface area contributed by atoms with Crippen LogP contribution in [0.25, 0.3) is 11.1 Å². The second-order valence-corrected chi connectivity index (χ2v) is 8.45. The SMILES string of the molecule is O=C(CN1CCN(CC(=O)Nc2ccccc2-c2ccccc2)CC1)Nc1ccccc1Cl. The zero-order valence-electron chi connectivity index (χ0n) is 18.3. The van der Waals surface area contributed by atoms with Crippen molar-refractivity contribution in [3.05, 3.63) is 83.9 Å². The highest BCUT2D eigenvalue weighted by atomic mass is 35.5. The smallest absolute Gasteiger partial charge is 0.238 e. The Morgan fingerprint density at radius 2 is 1.15 bits per heavy atom. The number of amides is 2. The quantitative estimate of drug-likeness (QED) is 0.552. The van der Waals surface area contributed by atoms with Gasteiger partial charge in [0.2, 0.25) is 11.8 Å². The molecule has 3 aromatic rings. The van der Waals surface area contributed by atoms with Crippen molar-refractivity contribution >= 4 is 34.8 Å². The maximum atomic E-state index is 12.7. The molecular weight excluding hydrogens is 436 g/mol. The number of hydrogen-bond donors (Lipinski definition) is 2. The molecule has 1 aliphatic heterocycles. The van der Waals surface area contributed by atoms with E-state index in [4.69, 9.17) is 11.6 Å². The van der Waals surface area contributed by atoms with E-state index in [0.29, 0.717) is 23.8 Å². The second kappa shape index (κ2) is 11.1. The minimum absolute atomic E-state index is 0.0386. The van der Waals surface area contributed by atoms with E-state index in [-0.39, 0.29) is 11.8 Å². The number of carbonyl (C=O) groups excluding carboxylic acids is 2. The van der Waals surface area contributed by atoms with Gasteiger partial charge in [0, 0.05) is 37.4 Å². The first-order chi connectivity index (χ1) is 16.1. The fourth-order valence-electron chi connectivity index (χ4n) is 3.92. The van der Waals surface area contributed by atoms with Gasteiger partial charge in [-0.2, -0.15) is 0 Å². The minimum Gasteiger partial charge on any atom is -0.324 e. The summed E-state index contributed by atoms with van der Waals surface area (Å²) in [6, 6.07) is 25.1. The van der Waals surface area contributed by atoms with Crippen molar-refractivity contribution in [2.75, 3.05) is 49.9 Å². The van der Waals surface area contributed by atoms with Crippen LogP contribution >= 0.6 is 11.6 Å². The number of nitrogens with one attached hydrogen (secondary N) is 2. The van der Waals surface area contributed by atoms with E-state index in [2.05, 4.69) is 20.4 Å². The molecule has 0 spiro atoms.